The van der Waals surface area contributed by atoms with Crippen molar-refractivity contribution in [2.75, 3.05) is 11.4 Å². The molecule has 4 aromatic carbocycles. The van der Waals surface area contributed by atoms with Crippen LogP contribution in [0, 0.1) is 12.8 Å². The third-order valence-electron chi connectivity index (χ3n) is 6.84. The molecule has 0 fully saturated rings. The Morgan fingerprint density at radius 2 is 1.59 bits per heavy atom. The van der Waals surface area contributed by atoms with Crippen LogP contribution in [0.15, 0.2) is 102 Å². The second-order valence-corrected chi connectivity index (χ2v) is 12.7. The second-order valence-electron chi connectivity index (χ2n) is 10.4. The van der Waals surface area contributed by atoms with Crippen LogP contribution in [-0.2, 0) is 16.6 Å². The fourth-order valence-electron chi connectivity index (χ4n) is 4.63. The minimum atomic E-state index is -3.89. The molecule has 214 valence electrons. The number of nitrogens with zero attached hydrogens (tertiary/aromatic N) is 1. The van der Waals surface area contributed by atoms with Gasteiger partial charge in [-0.05, 0) is 84.5 Å². The number of hydrogen-bond donors (Lipinski definition) is 1. The van der Waals surface area contributed by atoms with Gasteiger partial charge in [0, 0.05) is 10.6 Å². The number of halogens is 1. The molecule has 0 saturated heterocycles. The van der Waals surface area contributed by atoms with Crippen LogP contribution in [0.4, 0.5) is 5.69 Å². The monoisotopic (exact) mass is 590 g/mol. The van der Waals surface area contributed by atoms with Crippen LogP contribution in [0.1, 0.15) is 53.4 Å². The topological polar surface area (TPSA) is 75.7 Å². The van der Waals surface area contributed by atoms with E-state index >= 15 is 0 Å². The highest BCUT2D eigenvalue weighted by Gasteiger charge is 2.27. The van der Waals surface area contributed by atoms with Gasteiger partial charge in [-0.15, -0.1) is 0 Å². The number of nitrogens with one attached hydrogen (secondary N) is 1. The fourth-order valence-corrected chi connectivity index (χ4v) is 6.32. The summed E-state index contributed by atoms with van der Waals surface area (Å²) >= 11 is 6.28. The summed E-state index contributed by atoms with van der Waals surface area (Å²) in [6.07, 6.45) is 0.779. The van der Waals surface area contributed by atoms with Crippen molar-refractivity contribution in [2.24, 2.45) is 5.92 Å². The zero-order valence-electron chi connectivity index (χ0n) is 23.7. The normalized spacial score (nSPS) is 12.1. The van der Waals surface area contributed by atoms with Crippen molar-refractivity contribution in [3.05, 3.63) is 124 Å². The number of carbonyl (C=O) groups is 1. The minimum absolute atomic E-state index is 0.0716. The number of anilines is 1. The van der Waals surface area contributed by atoms with Crippen molar-refractivity contribution in [3.63, 3.8) is 0 Å². The summed E-state index contributed by atoms with van der Waals surface area (Å²) in [7, 11) is -2.27. The van der Waals surface area contributed by atoms with Crippen molar-refractivity contribution in [3.8, 4) is 5.75 Å². The van der Waals surface area contributed by atoms with Crippen LogP contribution >= 0.6 is 11.6 Å². The van der Waals surface area contributed by atoms with E-state index in [0.29, 0.717) is 22.2 Å². The van der Waals surface area contributed by atoms with Crippen molar-refractivity contribution >= 4 is 33.2 Å². The molecule has 0 unspecified atom stereocenters. The zero-order valence-corrected chi connectivity index (χ0v) is 25.2. The van der Waals surface area contributed by atoms with Gasteiger partial charge in [-0.25, -0.2) is 8.42 Å². The Kier molecular flexibility index (Phi) is 9.73. The largest absolute Gasteiger partial charge is 0.497 e. The van der Waals surface area contributed by atoms with Gasteiger partial charge in [0.25, 0.3) is 15.9 Å². The fraction of sp³-hybridized carbons (Fsp3) is 0.242. The second kappa shape index (κ2) is 13.2. The van der Waals surface area contributed by atoms with Gasteiger partial charge in [0.15, 0.2) is 0 Å². The predicted molar refractivity (Wildman–Crippen MR) is 165 cm³/mol. The standard InChI is InChI=1S/C33H35ClN2O4S/c1-23(2)20-31(26-15-18-29(40-4)19-16-26)35-33(37)27-13-11-25(12-14-27)22-36(32-21-28(34)17-10-24(32)3)41(38,39)30-8-6-5-7-9-30/h5-19,21,23,31H,20,22H2,1-4H3,(H,35,37)/t31-/m0/s1. The first kappa shape index (κ1) is 30.2. The van der Waals surface area contributed by atoms with Gasteiger partial charge in [-0.2, -0.15) is 0 Å². The average Bonchev–Trinajstić information content (AvgIpc) is 2.97. The van der Waals surface area contributed by atoms with Gasteiger partial charge in [-0.3, -0.25) is 9.10 Å². The van der Waals surface area contributed by atoms with Crippen LogP contribution in [0.5, 0.6) is 5.75 Å². The molecule has 6 nitrogen and oxygen atoms in total. The summed E-state index contributed by atoms with van der Waals surface area (Å²) in [5.74, 6) is 0.935. The molecular weight excluding hydrogens is 556 g/mol. The van der Waals surface area contributed by atoms with E-state index in [1.165, 1.54) is 4.31 Å². The lowest BCUT2D eigenvalue weighted by Gasteiger charge is -2.26. The maximum absolute atomic E-state index is 13.8. The molecule has 0 aromatic heterocycles. The maximum atomic E-state index is 13.8. The molecule has 1 N–H and O–H groups in total. The molecule has 0 saturated carbocycles. The Hall–Kier alpha value is -3.81. The number of benzene rings is 4. The summed E-state index contributed by atoms with van der Waals surface area (Å²) in [6, 6.07) is 28.1. The Balaban J connectivity index is 1.59. The molecule has 1 amide bonds. The summed E-state index contributed by atoms with van der Waals surface area (Å²) in [4.78, 5) is 13.4. The van der Waals surface area contributed by atoms with Crippen molar-refractivity contribution in [1.29, 1.82) is 0 Å². The molecule has 1 atom stereocenters. The number of aryl methyl sites for hydroxylation is 1. The van der Waals surface area contributed by atoms with Crippen LogP contribution in [-0.4, -0.2) is 21.4 Å². The van der Waals surface area contributed by atoms with E-state index in [2.05, 4.69) is 19.2 Å². The van der Waals surface area contributed by atoms with Crippen molar-refractivity contribution in [1.82, 2.24) is 5.32 Å². The van der Waals surface area contributed by atoms with Crippen LogP contribution in [0.3, 0.4) is 0 Å². The third-order valence-corrected chi connectivity index (χ3v) is 8.85. The van der Waals surface area contributed by atoms with E-state index in [1.54, 1.807) is 79.9 Å². The number of hydrogen-bond acceptors (Lipinski definition) is 4. The summed E-state index contributed by atoms with van der Waals surface area (Å²) in [5.41, 5.74) is 3.50. The average molecular weight is 591 g/mol. The molecule has 0 aliphatic carbocycles. The Bertz CT molecular complexity index is 1570. The van der Waals surface area contributed by atoms with Gasteiger partial charge in [0.05, 0.1) is 30.3 Å². The van der Waals surface area contributed by atoms with Gasteiger partial charge >= 0.3 is 0 Å². The predicted octanol–water partition coefficient (Wildman–Crippen LogP) is 7.57. The number of rotatable bonds is 11. The highest BCUT2D eigenvalue weighted by molar-refractivity contribution is 7.92. The van der Waals surface area contributed by atoms with Gasteiger partial charge in [-0.1, -0.05) is 74.0 Å². The number of amides is 1. The Morgan fingerprint density at radius 1 is 0.927 bits per heavy atom. The molecule has 0 radical (unpaired) electrons. The molecule has 8 heteroatoms. The smallest absolute Gasteiger partial charge is 0.264 e. The Labute approximate surface area is 248 Å². The number of carbonyl (C=O) groups excluding carboxylic acids is 1. The number of ether oxygens (including phenoxy) is 1. The highest BCUT2D eigenvalue weighted by atomic mass is 35.5. The van der Waals surface area contributed by atoms with E-state index in [0.717, 1.165) is 28.9 Å². The maximum Gasteiger partial charge on any atom is 0.264 e. The lowest BCUT2D eigenvalue weighted by atomic mass is 9.96. The minimum Gasteiger partial charge on any atom is -0.497 e. The first-order valence-electron chi connectivity index (χ1n) is 13.5. The van der Waals surface area contributed by atoms with Crippen molar-refractivity contribution in [2.45, 2.75) is 44.7 Å². The van der Waals surface area contributed by atoms with Gasteiger partial charge in [0.2, 0.25) is 0 Å². The Morgan fingerprint density at radius 3 is 2.20 bits per heavy atom. The first-order valence-corrected chi connectivity index (χ1v) is 15.3. The molecule has 0 bridgehead atoms. The summed E-state index contributed by atoms with van der Waals surface area (Å²) in [5, 5.41) is 3.61. The molecule has 0 heterocycles. The first-order chi connectivity index (χ1) is 19.6. The van der Waals surface area contributed by atoms with E-state index < -0.39 is 10.0 Å². The SMILES string of the molecule is COc1ccc([C@H](CC(C)C)NC(=O)c2ccc(CN(c3cc(Cl)ccc3C)S(=O)(=O)c3ccccc3)cc2)cc1. The van der Waals surface area contributed by atoms with Crippen LogP contribution in [0.25, 0.3) is 0 Å². The van der Waals surface area contributed by atoms with E-state index in [-0.39, 0.29) is 23.4 Å². The molecule has 0 spiro atoms. The lowest BCUT2D eigenvalue weighted by molar-refractivity contribution is 0.0932. The van der Waals surface area contributed by atoms with Crippen LogP contribution in [0.2, 0.25) is 5.02 Å². The number of sulfonamides is 1. The summed E-state index contributed by atoms with van der Waals surface area (Å²) < 4.78 is 34.2. The molecule has 0 aliphatic heterocycles. The van der Waals surface area contributed by atoms with Crippen molar-refractivity contribution < 1.29 is 17.9 Å². The highest BCUT2D eigenvalue weighted by Crippen LogP contribution is 2.31. The third kappa shape index (κ3) is 7.48. The molecule has 4 aromatic rings. The molecule has 4 rings (SSSR count). The molecule has 0 aliphatic rings. The molecule has 41 heavy (non-hydrogen) atoms. The molecular formula is C33H35ClN2O4S. The zero-order chi connectivity index (χ0) is 29.6. The summed E-state index contributed by atoms with van der Waals surface area (Å²) in [6.45, 7) is 6.16. The van der Waals surface area contributed by atoms with E-state index in [4.69, 9.17) is 16.3 Å². The lowest BCUT2D eigenvalue weighted by Crippen LogP contribution is -2.31. The number of methoxy groups -OCH3 is 1. The van der Waals surface area contributed by atoms with Gasteiger partial charge < -0.3 is 10.1 Å². The van der Waals surface area contributed by atoms with Crippen LogP contribution < -0.4 is 14.4 Å². The van der Waals surface area contributed by atoms with E-state index in [9.17, 15) is 13.2 Å². The van der Waals surface area contributed by atoms with Gasteiger partial charge in [0.1, 0.15) is 5.75 Å². The van der Waals surface area contributed by atoms with E-state index in [1.807, 2.05) is 31.2 Å². The quantitative estimate of drug-likeness (QED) is 0.195.